The third kappa shape index (κ3) is 3.36. The molecule has 7 nitrogen and oxygen atoms in total. The van der Waals surface area contributed by atoms with Crippen molar-refractivity contribution in [2.45, 2.75) is 11.5 Å². The average molecular weight is 398 g/mol. The predicted octanol–water partition coefficient (Wildman–Crippen LogP) is 1.33. The molecule has 0 saturated carbocycles. The maximum absolute atomic E-state index is 13.3. The number of para-hydroxylation sites is 1. The van der Waals surface area contributed by atoms with E-state index >= 15 is 0 Å². The molecule has 9 heteroatoms. The summed E-state index contributed by atoms with van der Waals surface area (Å²) in [6, 6.07) is 12.4. The number of thioether (sulfide) groups is 1. The van der Waals surface area contributed by atoms with Crippen LogP contribution in [0, 0.1) is 5.82 Å². The number of hydrogen-bond acceptors (Lipinski definition) is 5. The Morgan fingerprint density at radius 3 is 2.68 bits per heavy atom. The smallest absolute Gasteiger partial charge is 0.261 e. The summed E-state index contributed by atoms with van der Waals surface area (Å²) in [7, 11) is 0. The molecule has 2 heterocycles. The van der Waals surface area contributed by atoms with Gasteiger partial charge in [0.15, 0.2) is 4.99 Å². The Kier molecular flexibility index (Phi) is 4.60. The third-order valence-electron chi connectivity index (χ3n) is 4.35. The summed E-state index contributed by atoms with van der Waals surface area (Å²) in [6.45, 7) is -0.268. The number of nitrogens with one attached hydrogen (secondary N) is 2. The lowest BCUT2D eigenvalue weighted by Crippen LogP contribution is -2.53. The molecule has 1 unspecified atom stereocenters. The van der Waals surface area contributed by atoms with Gasteiger partial charge in [0.2, 0.25) is 11.8 Å². The molecule has 0 bridgehead atoms. The molecule has 1 atom stereocenters. The second-order valence-electron chi connectivity index (χ2n) is 6.27. The van der Waals surface area contributed by atoms with Crippen LogP contribution in [-0.2, 0) is 21.1 Å². The van der Waals surface area contributed by atoms with Crippen molar-refractivity contribution >= 4 is 34.5 Å². The van der Waals surface area contributed by atoms with Gasteiger partial charge in [0.05, 0.1) is 23.0 Å². The van der Waals surface area contributed by atoms with Crippen LogP contribution in [0.25, 0.3) is 10.9 Å². The Morgan fingerprint density at radius 2 is 1.96 bits per heavy atom. The normalized spacial score (nSPS) is 18.8. The highest BCUT2D eigenvalue weighted by atomic mass is 32.2. The predicted molar refractivity (Wildman–Crippen MR) is 103 cm³/mol. The zero-order valence-corrected chi connectivity index (χ0v) is 15.3. The fourth-order valence-corrected chi connectivity index (χ4v) is 4.13. The average Bonchev–Trinajstić information content (AvgIpc) is 3.06. The molecule has 2 aromatic carbocycles. The molecule has 0 radical (unpaired) electrons. The van der Waals surface area contributed by atoms with Gasteiger partial charge in [0.1, 0.15) is 12.4 Å². The van der Waals surface area contributed by atoms with Gasteiger partial charge in [-0.2, -0.15) is 0 Å². The van der Waals surface area contributed by atoms with Crippen molar-refractivity contribution in [1.29, 1.82) is 0 Å². The van der Waals surface area contributed by atoms with Gasteiger partial charge in [-0.25, -0.2) is 9.37 Å². The van der Waals surface area contributed by atoms with Gasteiger partial charge in [-0.05, 0) is 24.3 Å². The van der Waals surface area contributed by atoms with Crippen LogP contribution < -0.4 is 16.2 Å². The van der Waals surface area contributed by atoms with Gasteiger partial charge in [-0.1, -0.05) is 36.0 Å². The van der Waals surface area contributed by atoms with Crippen molar-refractivity contribution in [3.05, 3.63) is 76.6 Å². The first kappa shape index (κ1) is 18.2. The van der Waals surface area contributed by atoms with Crippen molar-refractivity contribution in [2.24, 2.45) is 0 Å². The number of benzene rings is 2. The van der Waals surface area contributed by atoms with Gasteiger partial charge in [0.25, 0.3) is 5.56 Å². The number of fused-ring (bicyclic) bond motifs is 1. The maximum Gasteiger partial charge on any atom is 0.261 e. The fraction of sp³-hybridized carbons (Fsp3) is 0.158. The van der Waals surface area contributed by atoms with E-state index in [1.807, 2.05) is 0 Å². The van der Waals surface area contributed by atoms with Gasteiger partial charge in [0, 0.05) is 5.56 Å². The number of aromatic nitrogens is 2. The van der Waals surface area contributed by atoms with Crippen molar-refractivity contribution in [3.63, 3.8) is 0 Å². The largest absolute Gasteiger partial charge is 0.320 e. The maximum atomic E-state index is 13.3. The lowest BCUT2D eigenvalue weighted by Gasteiger charge is -2.30. The second-order valence-corrected chi connectivity index (χ2v) is 7.46. The van der Waals surface area contributed by atoms with Crippen molar-refractivity contribution in [3.8, 4) is 0 Å². The summed E-state index contributed by atoms with van der Waals surface area (Å²) in [5, 5.41) is 5.91. The molecule has 3 aromatic rings. The second kappa shape index (κ2) is 7.08. The molecular weight excluding hydrogens is 383 g/mol. The Labute approximate surface area is 163 Å². The molecule has 28 heavy (non-hydrogen) atoms. The number of amides is 2. The fourth-order valence-electron chi connectivity index (χ4n) is 3.03. The minimum atomic E-state index is -1.21. The van der Waals surface area contributed by atoms with E-state index in [1.54, 1.807) is 24.3 Å². The SMILES string of the molecule is O=C1CSC(NC(=O)Cn2cnc3ccccc3c2=O)(c2ccc(F)cc2)N1. The molecule has 2 N–H and O–H groups in total. The van der Waals surface area contributed by atoms with Gasteiger partial charge in [-0.15, -0.1) is 0 Å². The Hall–Kier alpha value is -3.20. The molecular formula is C19H15FN4O3S. The van der Waals surface area contributed by atoms with Gasteiger partial charge < -0.3 is 10.6 Å². The molecule has 2 amide bonds. The highest BCUT2D eigenvalue weighted by Gasteiger charge is 2.41. The van der Waals surface area contributed by atoms with E-state index in [2.05, 4.69) is 15.6 Å². The third-order valence-corrected chi connectivity index (χ3v) is 5.63. The van der Waals surface area contributed by atoms with E-state index in [0.29, 0.717) is 16.5 Å². The van der Waals surface area contributed by atoms with Crippen LogP contribution in [0.5, 0.6) is 0 Å². The summed E-state index contributed by atoms with van der Waals surface area (Å²) in [6.07, 6.45) is 1.31. The molecule has 0 spiro atoms. The van der Waals surface area contributed by atoms with Crippen LogP contribution in [0.3, 0.4) is 0 Å². The van der Waals surface area contributed by atoms with Crippen molar-refractivity contribution < 1.29 is 14.0 Å². The summed E-state index contributed by atoms with van der Waals surface area (Å²) in [4.78, 5) is 40.0. The minimum absolute atomic E-state index is 0.148. The molecule has 0 aliphatic carbocycles. The van der Waals surface area contributed by atoms with E-state index in [4.69, 9.17) is 0 Å². The van der Waals surface area contributed by atoms with Crippen LogP contribution in [0.15, 0.2) is 59.7 Å². The van der Waals surface area contributed by atoms with Crippen molar-refractivity contribution in [2.75, 3.05) is 5.75 Å². The van der Waals surface area contributed by atoms with Crippen LogP contribution in [-0.4, -0.2) is 27.1 Å². The van der Waals surface area contributed by atoms with Crippen LogP contribution in [0.2, 0.25) is 0 Å². The van der Waals surface area contributed by atoms with E-state index in [1.165, 1.54) is 46.9 Å². The number of nitrogens with zero attached hydrogens (tertiary/aromatic N) is 2. The minimum Gasteiger partial charge on any atom is -0.320 e. The van der Waals surface area contributed by atoms with Crippen LogP contribution >= 0.6 is 11.8 Å². The van der Waals surface area contributed by atoms with Crippen molar-refractivity contribution in [1.82, 2.24) is 20.2 Å². The molecule has 1 aromatic heterocycles. The molecule has 142 valence electrons. The zero-order chi connectivity index (χ0) is 19.7. The van der Waals surface area contributed by atoms with Gasteiger partial charge >= 0.3 is 0 Å². The zero-order valence-electron chi connectivity index (χ0n) is 14.5. The number of carbonyl (C=O) groups excluding carboxylic acids is 2. The lowest BCUT2D eigenvalue weighted by atomic mass is 10.1. The van der Waals surface area contributed by atoms with E-state index in [9.17, 15) is 18.8 Å². The number of carbonyl (C=O) groups is 2. The Bertz CT molecular complexity index is 1130. The number of rotatable bonds is 4. The molecule has 1 fully saturated rings. The number of halogens is 1. The summed E-state index contributed by atoms with van der Waals surface area (Å²) >= 11 is 1.18. The van der Waals surface area contributed by atoms with Crippen LogP contribution in [0.1, 0.15) is 5.56 Å². The van der Waals surface area contributed by atoms with Crippen LogP contribution in [0.4, 0.5) is 4.39 Å². The quantitative estimate of drug-likeness (QED) is 0.692. The summed E-state index contributed by atoms with van der Waals surface area (Å²) in [5.41, 5.74) is 0.743. The molecule has 1 aliphatic heterocycles. The molecule has 1 saturated heterocycles. The highest BCUT2D eigenvalue weighted by Crippen LogP contribution is 2.35. The van der Waals surface area contributed by atoms with E-state index in [0.717, 1.165) is 0 Å². The first-order valence-corrected chi connectivity index (χ1v) is 9.42. The Balaban J connectivity index is 1.61. The number of hydrogen-bond donors (Lipinski definition) is 2. The van der Waals surface area contributed by atoms with E-state index < -0.39 is 16.7 Å². The molecule has 1 aliphatic rings. The standard InChI is InChI=1S/C19H15FN4O3S/c20-13-7-5-12(6-8-13)19(23-17(26)10-28-19)22-16(25)9-24-11-21-15-4-2-1-3-14(15)18(24)27/h1-8,11H,9-10H2,(H,22,25)(H,23,26). The van der Waals surface area contributed by atoms with E-state index in [-0.39, 0.29) is 23.8 Å². The summed E-state index contributed by atoms with van der Waals surface area (Å²) in [5.74, 6) is -1.01. The van der Waals surface area contributed by atoms with Gasteiger partial charge in [-0.3, -0.25) is 19.0 Å². The first-order chi connectivity index (χ1) is 13.5. The topological polar surface area (TPSA) is 93.1 Å². The Morgan fingerprint density at radius 1 is 1.21 bits per heavy atom. The summed E-state index contributed by atoms with van der Waals surface area (Å²) < 4.78 is 14.5. The highest BCUT2D eigenvalue weighted by molar-refractivity contribution is 8.01. The monoisotopic (exact) mass is 398 g/mol. The lowest BCUT2D eigenvalue weighted by molar-refractivity contribution is -0.124. The first-order valence-electron chi connectivity index (χ1n) is 8.43. The molecule has 4 rings (SSSR count).